The first kappa shape index (κ1) is 11.7. The lowest BCUT2D eigenvalue weighted by Gasteiger charge is -2.14. The maximum atomic E-state index is 11.2. The number of aromatic nitrogens is 1. The molecule has 4 nitrogen and oxygen atoms in total. The Kier molecular flexibility index (Phi) is 3.35. The highest BCUT2D eigenvalue weighted by Crippen LogP contribution is 2.24. The van der Waals surface area contributed by atoms with Gasteiger partial charge in [-0.3, -0.25) is 0 Å². The standard InChI is InChI=1S/C11H18N2O2S/c1-16(14,15)7-4-10-8-12-5-2-9-3-6-13-11(9)10/h3,6,10,12-13H,2,4-5,7-8H2,1H3. The number of aromatic amines is 1. The van der Waals surface area contributed by atoms with Gasteiger partial charge in [-0.05, 0) is 31.0 Å². The van der Waals surface area contributed by atoms with E-state index in [0.717, 1.165) is 19.5 Å². The van der Waals surface area contributed by atoms with E-state index in [4.69, 9.17) is 0 Å². The minimum absolute atomic E-state index is 0.262. The second-order valence-corrected chi connectivity index (χ2v) is 6.75. The van der Waals surface area contributed by atoms with E-state index in [9.17, 15) is 8.42 Å². The van der Waals surface area contributed by atoms with Crippen LogP contribution in [-0.2, 0) is 16.3 Å². The highest BCUT2D eigenvalue weighted by atomic mass is 32.2. The zero-order valence-corrected chi connectivity index (χ0v) is 10.3. The summed E-state index contributed by atoms with van der Waals surface area (Å²) >= 11 is 0. The van der Waals surface area contributed by atoms with Gasteiger partial charge in [0.1, 0.15) is 9.84 Å². The Morgan fingerprint density at radius 3 is 3.06 bits per heavy atom. The van der Waals surface area contributed by atoms with Gasteiger partial charge < -0.3 is 10.3 Å². The first-order chi connectivity index (χ1) is 7.56. The number of rotatable bonds is 3. The summed E-state index contributed by atoms with van der Waals surface area (Å²) in [6.45, 7) is 1.84. The Hall–Kier alpha value is -0.810. The molecule has 2 heterocycles. The van der Waals surface area contributed by atoms with E-state index in [1.807, 2.05) is 6.20 Å². The van der Waals surface area contributed by atoms with Crippen molar-refractivity contribution in [2.45, 2.75) is 18.8 Å². The van der Waals surface area contributed by atoms with E-state index in [1.54, 1.807) is 0 Å². The summed E-state index contributed by atoms with van der Waals surface area (Å²) in [6, 6.07) is 2.09. The fourth-order valence-electron chi connectivity index (χ4n) is 2.22. The smallest absolute Gasteiger partial charge is 0.147 e. The van der Waals surface area contributed by atoms with Crippen LogP contribution in [0, 0.1) is 0 Å². The third-order valence-corrected chi connectivity index (χ3v) is 4.05. The SMILES string of the molecule is CS(=O)(=O)CCC1CNCCc2cc[nH]c21. The molecule has 0 radical (unpaired) electrons. The summed E-state index contributed by atoms with van der Waals surface area (Å²) in [7, 11) is -2.86. The molecule has 0 saturated heterocycles. The largest absolute Gasteiger partial charge is 0.364 e. The van der Waals surface area contributed by atoms with E-state index in [1.165, 1.54) is 17.5 Å². The minimum Gasteiger partial charge on any atom is -0.364 e. The summed E-state index contributed by atoms with van der Waals surface area (Å²) in [5.41, 5.74) is 2.54. The molecule has 90 valence electrons. The second kappa shape index (κ2) is 4.59. The number of hydrogen-bond acceptors (Lipinski definition) is 3. The summed E-state index contributed by atoms with van der Waals surface area (Å²) < 4.78 is 22.4. The predicted molar refractivity (Wildman–Crippen MR) is 64.4 cm³/mol. The molecular formula is C11H18N2O2S. The molecular weight excluding hydrogens is 224 g/mol. The fourth-order valence-corrected chi connectivity index (χ4v) is 2.93. The molecule has 0 amide bonds. The van der Waals surface area contributed by atoms with Gasteiger partial charge >= 0.3 is 0 Å². The maximum absolute atomic E-state index is 11.2. The van der Waals surface area contributed by atoms with E-state index >= 15 is 0 Å². The summed E-state index contributed by atoms with van der Waals surface area (Å²) in [6.07, 6.45) is 4.96. The van der Waals surface area contributed by atoms with Crippen molar-refractivity contribution in [3.63, 3.8) is 0 Å². The van der Waals surface area contributed by atoms with Gasteiger partial charge in [-0.1, -0.05) is 0 Å². The van der Waals surface area contributed by atoms with Crippen molar-refractivity contribution in [1.29, 1.82) is 0 Å². The van der Waals surface area contributed by atoms with Crippen molar-refractivity contribution in [2.75, 3.05) is 25.1 Å². The average molecular weight is 242 g/mol. The number of hydrogen-bond donors (Lipinski definition) is 2. The first-order valence-electron chi connectivity index (χ1n) is 5.61. The third-order valence-electron chi connectivity index (χ3n) is 3.08. The molecule has 2 rings (SSSR count). The Labute approximate surface area is 96.4 Å². The molecule has 1 unspecified atom stereocenters. The van der Waals surface area contributed by atoms with Crippen molar-refractivity contribution in [3.05, 3.63) is 23.5 Å². The Morgan fingerprint density at radius 1 is 1.50 bits per heavy atom. The predicted octanol–water partition coefficient (Wildman–Crippen LogP) is 0.679. The van der Waals surface area contributed by atoms with Crippen LogP contribution in [0.5, 0.6) is 0 Å². The Balaban J connectivity index is 2.10. The molecule has 16 heavy (non-hydrogen) atoms. The van der Waals surface area contributed by atoms with Crippen LogP contribution in [0.4, 0.5) is 0 Å². The van der Waals surface area contributed by atoms with Crippen molar-refractivity contribution in [1.82, 2.24) is 10.3 Å². The molecule has 2 N–H and O–H groups in total. The first-order valence-corrected chi connectivity index (χ1v) is 7.67. The molecule has 0 bridgehead atoms. The molecule has 0 aromatic carbocycles. The lowest BCUT2D eigenvalue weighted by Crippen LogP contribution is -2.22. The van der Waals surface area contributed by atoms with Gasteiger partial charge in [-0.15, -0.1) is 0 Å². The van der Waals surface area contributed by atoms with Crippen LogP contribution in [-0.4, -0.2) is 38.5 Å². The lowest BCUT2D eigenvalue weighted by atomic mass is 9.99. The molecule has 1 aliphatic rings. The molecule has 0 saturated carbocycles. The lowest BCUT2D eigenvalue weighted by molar-refractivity contribution is 0.567. The highest BCUT2D eigenvalue weighted by Gasteiger charge is 2.20. The van der Waals surface area contributed by atoms with Crippen molar-refractivity contribution >= 4 is 9.84 Å². The molecule has 0 spiro atoms. The van der Waals surface area contributed by atoms with Crippen LogP contribution in [0.15, 0.2) is 12.3 Å². The molecule has 0 fully saturated rings. The monoisotopic (exact) mass is 242 g/mol. The minimum atomic E-state index is -2.86. The van der Waals surface area contributed by atoms with Crippen LogP contribution >= 0.6 is 0 Å². The quantitative estimate of drug-likeness (QED) is 0.819. The number of fused-ring (bicyclic) bond motifs is 1. The van der Waals surface area contributed by atoms with Gasteiger partial charge in [0.25, 0.3) is 0 Å². The van der Waals surface area contributed by atoms with Crippen LogP contribution in [0.1, 0.15) is 23.6 Å². The number of H-pyrrole nitrogens is 1. The van der Waals surface area contributed by atoms with Crippen molar-refractivity contribution in [2.24, 2.45) is 0 Å². The third kappa shape index (κ3) is 2.86. The van der Waals surface area contributed by atoms with Crippen LogP contribution in [0.25, 0.3) is 0 Å². The topological polar surface area (TPSA) is 62.0 Å². The van der Waals surface area contributed by atoms with Crippen molar-refractivity contribution < 1.29 is 8.42 Å². The highest BCUT2D eigenvalue weighted by molar-refractivity contribution is 7.90. The Morgan fingerprint density at radius 2 is 2.31 bits per heavy atom. The molecule has 1 aliphatic heterocycles. The van der Waals surface area contributed by atoms with Gasteiger partial charge in [0, 0.05) is 30.6 Å². The van der Waals surface area contributed by atoms with Gasteiger partial charge in [0.05, 0.1) is 5.75 Å². The fraction of sp³-hybridized carbons (Fsp3) is 0.636. The molecule has 1 aromatic heterocycles. The normalized spacial score (nSPS) is 21.4. The van der Waals surface area contributed by atoms with E-state index in [2.05, 4.69) is 16.4 Å². The summed E-state index contributed by atoms with van der Waals surface area (Å²) in [5, 5.41) is 3.35. The maximum Gasteiger partial charge on any atom is 0.147 e. The number of sulfone groups is 1. The second-order valence-electron chi connectivity index (χ2n) is 4.49. The average Bonchev–Trinajstić information content (AvgIpc) is 2.56. The summed E-state index contributed by atoms with van der Waals surface area (Å²) in [4.78, 5) is 3.25. The molecule has 1 aromatic rings. The van der Waals surface area contributed by atoms with Gasteiger partial charge in [-0.25, -0.2) is 8.42 Å². The van der Waals surface area contributed by atoms with Crippen LogP contribution in [0.3, 0.4) is 0 Å². The van der Waals surface area contributed by atoms with Gasteiger partial charge in [0.15, 0.2) is 0 Å². The van der Waals surface area contributed by atoms with Crippen LogP contribution < -0.4 is 5.32 Å². The van der Waals surface area contributed by atoms with E-state index in [-0.39, 0.29) is 5.75 Å². The van der Waals surface area contributed by atoms with Crippen LogP contribution in [0.2, 0.25) is 0 Å². The zero-order valence-electron chi connectivity index (χ0n) is 9.49. The molecule has 1 atom stereocenters. The van der Waals surface area contributed by atoms with E-state index < -0.39 is 9.84 Å². The van der Waals surface area contributed by atoms with E-state index in [0.29, 0.717) is 12.3 Å². The zero-order chi connectivity index (χ0) is 11.6. The number of nitrogens with one attached hydrogen (secondary N) is 2. The molecule has 5 heteroatoms. The summed E-state index contributed by atoms with van der Waals surface area (Å²) in [5.74, 6) is 0.555. The molecule has 0 aliphatic carbocycles. The van der Waals surface area contributed by atoms with Gasteiger partial charge in [-0.2, -0.15) is 0 Å². The van der Waals surface area contributed by atoms with Crippen molar-refractivity contribution in [3.8, 4) is 0 Å². The van der Waals surface area contributed by atoms with Gasteiger partial charge in [0.2, 0.25) is 0 Å². The Bertz CT molecular complexity index is 450.